The molecule has 3 aromatic carbocycles. The fourth-order valence-corrected chi connectivity index (χ4v) is 2.58. The van der Waals surface area contributed by atoms with E-state index in [1.807, 2.05) is 19.1 Å². The van der Waals surface area contributed by atoms with Gasteiger partial charge in [-0.3, -0.25) is 14.4 Å². The average Bonchev–Trinajstić information content (AvgIpc) is 2.67. The summed E-state index contributed by atoms with van der Waals surface area (Å²) in [6, 6.07) is 21.9. The van der Waals surface area contributed by atoms with Crippen LogP contribution in [-0.4, -0.2) is 17.3 Å². The lowest BCUT2D eigenvalue weighted by molar-refractivity contribution is 0.0815. The van der Waals surface area contributed by atoms with Gasteiger partial charge in [-0.05, 0) is 6.92 Å². The third-order valence-corrected chi connectivity index (χ3v) is 3.97. The molecule has 0 aliphatic carbocycles. The summed E-state index contributed by atoms with van der Waals surface area (Å²) in [5, 5.41) is 0. The second kappa shape index (κ2) is 7.05. The molecule has 0 aromatic heterocycles. The largest absolute Gasteiger partial charge is 0.289 e. The summed E-state index contributed by atoms with van der Waals surface area (Å²) in [5.74, 6) is -1.57. The minimum Gasteiger partial charge on any atom is -0.289 e. The molecule has 0 aliphatic rings. The van der Waals surface area contributed by atoms with E-state index < -0.39 is 11.6 Å². The molecule has 0 heterocycles. The van der Waals surface area contributed by atoms with Crippen molar-refractivity contribution in [3.8, 4) is 0 Å². The molecule has 0 bridgehead atoms. The van der Waals surface area contributed by atoms with E-state index in [-0.39, 0.29) is 16.9 Å². The van der Waals surface area contributed by atoms with Crippen molar-refractivity contribution in [2.24, 2.45) is 0 Å². The molecule has 0 amide bonds. The van der Waals surface area contributed by atoms with Gasteiger partial charge in [-0.2, -0.15) is 0 Å². The van der Waals surface area contributed by atoms with Crippen molar-refractivity contribution in [1.29, 1.82) is 0 Å². The Bertz CT molecular complexity index is 939. The van der Waals surface area contributed by atoms with Crippen molar-refractivity contribution in [2.75, 3.05) is 0 Å². The Hall–Kier alpha value is -3.33. The van der Waals surface area contributed by atoms with Gasteiger partial charge >= 0.3 is 0 Å². The zero-order valence-corrected chi connectivity index (χ0v) is 13.7. The van der Waals surface area contributed by atoms with Gasteiger partial charge in [0.25, 0.3) is 0 Å². The summed E-state index contributed by atoms with van der Waals surface area (Å²) in [6.45, 7) is 1.93. The first kappa shape index (κ1) is 16.5. The lowest BCUT2D eigenvalue weighted by Crippen LogP contribution is -2.18. The number of Topliss-reactive ketones (excluding diaryl/α,β-unsaturated/α-hetero) is 2. The molecule has 25 heavy (non-hydrogen) atoms. The first-order chi connectivity index (χ1) is 12.1. The van der Waals surface area contributed by atoms with Crippen LogP contribution in [0, 0.1) is 6.92 Å². The van der Waals surface area contributed by atoms with E-state index in [9.17, 15) is 14.4 Å². The van der Waals surface area contributed by atoms with Crippen LogP contribution in [0.2, 0.25) is 0 Å². The highest BCUT2D eigenvalue weighted by atomic mass is 16.2. The lowest BCUT2D eigenvalue weighted by Gasteiger charge is -2.08. The Morgan fingerprint density at radius 1 is 0.560 bits per heavy atom. The van der Waals surface area contributed by atoms with Crippen LogP contribution >= 0.6 is 0 Å². The minimum absolute atomic E-state index is 0.127. The first-order valence-corrected chi connectivity index (χ1v) is 7.92. The number of aryl methyl sites for hydroxylation is 1. The maximum atomic E-state index is 12.8. The Kier molecular flexibility index (Phi) is 4.66. The van der Waals surface area contributed by atoms with Crippen molar-refractivity contribution >= 4 is 17.3 Å². The Labute approximate surface area is 145 Å². The molecule has 122 valence electrons. The van der Waals surface area contributed by atoms with E-state index >= 15 is 0 Å². The van der Waals surface area contributed by atoms with Crippen LogP contribution in [0.15, 0.2) is 78.9 Å². The van der Waals surface area contributed by atoms with Crippen molar-refractivity contribution in [3.05, 3.63) is 107 Å². The van der Waals surface area contributed by atoms with Crippen LogP contribution in [-0.2, 0) is 0 Å². The van der Waals surface area contributed by atoms with Crippen molar-refractivity contribution in [3.63, 3.8) is 0 Å². The summed E-state index contributed by atoms with van der Waals surface area (Å²) in [5.41, 5.74) is 2.20. The predicted molar refractivity (Wildman–Crippen MR) is 96.2 cm³/mol. The molecule has 0 saturated heterocycles. The molecule has 0 spiro atoms. The zero-order valence-electron chi connectivity index (χ0n) is 13.7. The molecular weight excluding hydrogens is 312 g/mol. The van der Waals surface area contributed by atoms with Gasteiger partial charge in [0.05, 0.1) is 0 Å². The van der Waals surface area contributed by atoms with Gasteiger partial charge in [0, 0.05) is 22.3 Å². The zero-order chi connectivity index (χ0) is 17.8. The van der Waals surface area contributed by atoms with Crippen molar-refractivity contribution in [2.45, 2.75) is 6.92 Å². The molecule has 0 N–H and O–H groups in total. The molecule has 3 heteroatoms. The number of rotatable bonds is 5. The van der Waals surface area contributed by atoms with Gasteiger partial charge in [-0.25, -0.2) is 0 Å². The summed E-state index contributed by atoms with van der Waals surface area (Å²) >= 11 is 0. The molecular formula is C22H16O3. The highest BCUT2D eigenvalue weighted by molar-refractivity contribution is 6.50. The fourth-order valence-electron chi connectivity index (χ4n) is 2.58. The van der Waals surface area contributed by atoms with Crippen LogP contribution < -0.4 is 0 Å². The van der Waals surface area contributed by atoms with Crippen LogP contribution in [0.25, 0.3) is 0 Å². The molecule has 3 nitrogen and oxygen atoms in total. The van der Waals surface area contributed by atoms with Gasteiger partial charge in [-0.1, -0.05) is 84.4 Å². The molecule has 0 unspecified atom stereocenters. The molecule has 3 rings (SSSR count). The van der Waals surface area contributed by atoms with E-state index in [0.717, 1.165) is 5.56 Å². The average molecular weight is 328 g/mol. The standard InChI is InChI=1S/C22H16O3/c1-15-11-13-17(14-12-15)20(23)18-9-5-6-10-19(18)22(25)21(24)16-7-3-2-4-8-16/h2-14H,1H3. The van der Waals surface area contributed by atoms with Gasteiger partial charge in [0.2, 0.25) is 11.6 Å². The molecule has 0 saturated carbocycles. The minimum atomic E-state index is -0.678. The fraction of sp³-hybridized carbons (Fsp3) is 0.0455. The van der Waals surface area contributed by atoms with Gasteiger partial charge in [0.1, 0.15) is 0 Å². The smallest absolute Gasteiger partial charge is 0.234 e. The van der Waals surface area contributed by atoms with Crippen LogP contribution in [0.1, 0.15) is 42.2 Å². The second-order valence-electron chi connectivity index (χ2n) is 5.77. The van der Waals surface area contributed by atoms with Crippen molar-refractivity contribution < 1.29 is 14.4 Å². The molecule has 0 fully saturated rings. The summed E-state index contributed by atoms with van der Waals surface area (Å²) in [6.07, 6.45) is 0. The normalized spacial score (nSPS) is 10.3. The number of carbonyl (C=O) groups is 3. The Balaban J connectivity index is 1.98. The summed E-state index contributed by atoms with van der Waals surface area (Å²) in [7, 11) is 0. The van der Waals surface area contributed by atoms with Gasteiger partial charge < -0.3 is 0 Å². The number of hydrogen-bond acceptors (Lipinski definition) is 3. The molecule has 0 radical (unpaired) electrons. The second-order valence-corrected chi connectivity index (χ2v) is 5.77. The van der Waals surface area contributed by atoms with E-state index in [1.54, 1.807) is 60.7 Å². The monoisotopic (exact) mass is 328 g/mol. The molecule has 3 aromatic rings. The maximum Gasteiger partial charge on any atom is 0.234 e. The molecule has 0 atom stereocenters. The van der Waals surface area contributed by atoms with Crippen LogP contribution in [0.4, 0.5) is 0 Å². The highest BCUT2D eigenvalue weighted by Gasteiger charge is 2.23. The predicted octanol–water partition coefficient (Wildman–Crippen LogP) is 4.29. The Morgan fingerprint density at radius 2 is 1.12 bits per heavy atom. The SMILES string of the molecule is Cc1ccc(C(=O)c2ccccc2C(=O)C(=O)c2ccccc2)cc1. The van der Waals surface area contributed by atoms with Crippen LogP contribution in [0.5, 0.6) is 0 Å². The van der Waals surface area contributed by atoms with E-state index in [4.69, 9.17) is 0 Å². The maximum absolute atomic E-state index is 12.8. The van der Waals surface area contributed by atoms with E-state index in [1.165, 1.54) is 6.07 Å². The third kappa shape index (κ3) is 3.45. The summed E-state index contributed by atoms with van der Waals surface area (Å²) in [4.78, 5) is 37.9. The number of benzene rings is 3. The van der Waals surface area contributed by atoms with Gasteiger partial charge in [0.15, 0.2) is 5.78 Å². The van der Waals surface area contributed by atoms with Gasteiger partial charge in [-0.15, -0.1) is 0 Å². The van der Waals surface area contributed by atoms with Crippen molar-refractivity contribution in [1.82, 2.24) is 0 Å². The third-order valence-electron chi connectivity index (χ3n) is 3.97. The topological polar surface area (TPSA) is 51.2 Å². The Morgan fingerprint density at radius 3 is 1.76 bits per heavy atom. The quantitative estimate of drug-likeness (QED) is 0.518. The summed E-state index contributed by atoms with van der Waals surface area (Å²) < 4.78 is 0. The van der Waals surface area contributed by atoms with E-state index in [0.29, 0.717) is 11.1 Å². The number of ketones is 3. The highest BCUT2D eigenvalue weighted by Crippen LogP contribution is 2.18. The molecule has 0 aliphatic heterocycles. The van der Waals surface area contributed by atoms with Crippen LogP contribution in [0.3, 0.4) is 0 Å². The number of carbonyl (C=O) groups excluding carboxylic acids is 3. The lowest BCUT2D eigenvalue weighted by atomic mass is 9.93. The first-order valence-electron chi connectivity index (χ1n) is 7.92. The number of hydrogen-bond donors (Lipinski definition) is 0. The van der Waals surface area contributed by atoms with E-state index in [2.05, 4.69) is 0 Å².